The molecule has 1 atom stereocenters. The summed E-state index contributed by atoms with van der Waals surface area (Å²) in [4.78, 5) is 2.49. The van der Waals surface area contributed by atoms with Crippen molar-refractivity contribution in [2.45, 2.75) is 32.4 Å². The van der Waals surface area contributed by atoms with E-state index >= 15 is 0 Å². The van der Waals surface area contributed by atoms with Gasteiger partial charge >= 0.3 is 0 Å². The van der Waals surface area contributed by atoms with Crippen molar-refractivity contribution >= 4 is 23.2 Å². The number of nitrogens with zero attached hydrogens (tertiary/aromatic N) is 1. The van der Waals surface area contributed by atoms with Gasteiger partial charge in [0.15, 0.2) is 0 Å². The zero-order valence-electron chi connectivity index (χ0n) is 10.8. The third kappa shape index (κ3) is 4.13. The van der Waals surface area contributed by atoms with Crippen LogP contribution in [0.2, 0.25) is 10.0 Å². The predicted molar refractivity (Wildman–Crippen MR) is 78.4 cm³/mol. The minimum Gasteiger partial charge on any atom is -0.309 e. The zero-order valence-corrected chi connectivity index (χ0v) is 12.3. The van der Waals surface area contributed by atoms with Crippen LogP contribution in [0.25, 0.3) is 0 Å². The van der Waals surface area contributed by atoms with Gasteiger partial charge in [-0.1, -0.05) is 30.1 Å². The zero-order chi connectivity index (χ0) is 13.0. The van der Waals surface area contributed by atoms with E-state index in [0.717, 1.165) is 25.2 Å². The Kier molecular flexibility index (Phi) is 5.31. The first-order valence-electron chi connectivity index (χ1n) is 6.58. The first-order chi connectivity index (χ1) is 8.67. The molecule has 1 saturated heterocycles. The molecule has 0 aliphatic carbocycles. The minimum absolute atomic E-state index is 0.580. The van der Waals surface area contributed by atoms with Crippen LogP contribution >= 0.6 is 23.2 Å². The summed E-state index contributed by atoms with van der Waals surface area (Å²) in [7, 11) is 0. The SMILES string of the molecule is CCN1CCCC(NCc2cc(Cl)cc(Cl)c2)C1. The molecule has 100 valence electrons. The van der Waals surface area contributed by atoms with E-state index in [4.69, 9.17) is 23.2 Å². The Morgan fingerprint density at radius 1 is 1.28 bits per heavy atom. The van der Waals surface area contributed by atoms with E-state index in [0.29, 0.717) is 16.1 Å². The molecule has 4 heteroatoms. The molecule has 2 nitrogen and oxygen atoms in total. The fourth-order valence-electron chi connectivity index (χ4n) is 2.48. The van der Waals surface area contributed by atoms with E-state index < -0.39 is 0 Å². The highest BCUT2D eigenvalue weighted by Crippen LogP contribution is 2.19. The van der Waals surface area contributed by atoms with Crippen LogP contribution in [0.4, 0.5) is 0 Å². The summed E-state index contributed by atoms with van der Waals surface area (Å²) in [5.41, 5.74) is 1.15. The lowest BCUT2D eigenvalue weighted by molar-refractivity contribution is 0.198. The fourth-order valence-corrected chi connectivity index (χ4v) is 3.06. The van der Waals surface area contributed by atoms with Crippen molar-refractivity contribution in [1.82, 2.24) is 10.2 Å². The van der Waals surface area contributed by atoms with Crippen LogP contribution in [-0.4, -0.2) is 30.6 Å². The van der Waals surface area contributed by atoms with Crippen LogP contribution in [0.3, 0.4) is 0 Å². The lowest BCUT2D eigenvalue weighted by atomic mass is 10.1. The Hall–Kier alpha value is -0.280. The number of piperidine rings is 1. The smallest absolute Gasteiger partial charge is 0.0424 e. The minimum atomic E-state index is 0.580. The molecule has 0 aromatic heterocycles. The van der Waals surface area contributed by atoms with E-state index in [1.165, 1.54) is 19.4 Å². The van der Waals surface area contributed by atoms with Crippen molar-refractivity contribution in [3.8, 4) is 0 Å². The van der Waals surface area contributed by atoms with Gasteiger partial charge in [-0.05, 0) is 49.7 Å². The highest BCUT2D eigenvalue weighted by Gasteiger charge is 2.17. The molecule has 1 aliphatic heterocycles. The molecular formula is C14H20Cl2N2. The van der Waals surface area contributed by atoms with Gasteiger partial charge in [-0.3, -0.25) is 0 Å². The molecule has 2 rings (SSSR count). The van der Waals surface area contributed by atoms with Gasteiger partial charge in [0, 0.05) is 29.2 Å². The molecule has 1 aromatic rings. The van der Waals surface area contributed by atoms with Gasteiger partial charge < -0.3 is 10.2 Å². The second kappa shape index (κ2) is 6.76. The standard InChI is InChI=1S/C14H20Cl2N2/c1-2-18-5-3-4-14(10-18)17-9-11-6-12(15)8-13(16)7-11/h6-8,14,17H,2-5,9-10H2,1H3. The summed E-state index contributed by atoms with van der Waals surface area (Å²) < 4.78 is 0. The summed E-state index contributed by atoms with van der Waals surface area (Å²) in [6.45, 7) is 6.57. The van der Waals surface area contributed by atoms with Crippen LogP contribution in [0, 0.1) is 0 Å². The summed E-state index contributed by atoms with van der Waals surface area (Å²) in [5, 5.41) is 5.01. The number of halogens is 2. The molecule has 1 fully saturated rings. The largest absolute Gasteiger partial charge is 0.309 e. The summed E-state index contributed by atoms with van der Waals surface area (Å²) in [6, 6.07) is 6.30. The number of likely N-dealkylation sites (tertiary alicyclic amines) is 1. The molecule has 0 bridgehead atoms. The number of nitrogens with one attached hydrogen (secondary N) is 1. The molecule has 1 N–H and O–H groups in total. The second-order valence-corrected chi connectivity index (χ2v) is 5.76. The molecular weight excluding hydrogens is 267 g/mol. The highest BCUT2D eigenvalue weighted by atomic mass is 35.5. The molecule has 0 amide bonds. The lowest BCUT2D eigenvalue weighted by Gasteiger charge is -2.32. The number of likely N-dealkylation sites (N-methyl/N-ethyl adjacent to an activating group) is 1. The molecule has 1 aliphatic rings. The average molecular weight is 287 g/mol. The average Bonchev–Trinajstić information content (AvgIpc) is 2.35. The van der Waals surface area contributed by atoms with Crippen molar-refractivity contribution in [3.63, 3.8) is 0 Å². The Bertz CT molecular complexity index is 375. The first-order valence-corrected chi connectivity index (χ1v) is 7.33. The monoisotopic (exact) mass is 286 g/mol. The quantitative estimate of drug-likeness (QED) is 0.910. The van der Waals surface area contributed by atoms with Gasteiger partial charge in [0.1, 0.15) is 0 Å². The van der Waals surface area contributed by atoms with Crippen molar-refractivity contribution in [1.29, 1.82) is 0 Å². The fraction of sp³-hybridized carbons (Fsp3) is 0.571. The molecule has 0 saturated carbocycles. The van der Waals surface area contributed by atoms with Crippen molar-refractivity contribution in [2.24, 2.45) is 0 Å². The lowest BCUT2D eigenvalue weighted by Crippen LogP contribution is -2.45. The Labute approximate surface area is 119 Å². The third-order valence-electron chi connectivity index (χ3n) is 3.47. The first kappa shape index (κ1) is 14.1. The normalized spacial score (nSPS) is 21.2. The second-order valence-electron chi connectivity index (χ2n) is 4.89. The van der Waals surface area contributed by atoms with E-state index in [9.17, 15) is 0 Å². The van der Waals surface area contributed by atoms with E-state index in [2.05, 4.69) is 17.1 Å². The highest BCUT2D eigenvalue weighted by molar-refractivity contribution is 6.34. The summed E-state index contributed by atoms with van der Waals surface area (Å²) >= 11 is 12.0. The van der Waals surface area contributed by atoms with E-state index in [1.807, 2.05) is 12.1 Å². The van der Waals surface area contributed by atoms with Crippen LogP contribution in [-0.2, 0) is 6.54 Å². The van der Waals surface area contributed by atoms with Crippen LogP contribution in [0.5, 0.6) is 0 Å². The van der Waals surface area contributed by atoms with Crippen LogP contribution < -0.4 is 5.32 Å². The van der Waals surface area contributed by atoms with Crippen molar-refractivity contribution in [2.75, 3.05) is 19.6 Å². The molecule has 0 spiro atoms. The van der Waals surface area contributed by atoms with E-state index in [1.54, 1.807) is 6.07 Å². The molecule has 0 radical (unpaired) electrons. The summed E-state index contributed by atoms with van der Waals surface area (Å²) in [6.07, 6.45) is 2.53. The Morgan fingerprint density at radius 3 is 2.67 bits per heavy atom. The topological polar surface area (TPSA) is 15.3 Å². The van der Waals surface area contributed by atoms with Crippen LogP contribution in [0.15, 0.2) is 18.2 Å². The van der Waals surface area contributed by atoms with Gasteiger partial charge in [0.25, 0.3) is 0 Å². The van der Waals surface area contributed by atoms with Gasteiger partial charge in [-0.2, -0.15) is 0 Å². The Balaban J connectivity index is 1.87. The Morgan fingerprint density at radius 2 is 2.00 bits per heavy atom. The number of rotatable bonds is 4. The number of hydrogen-bond acceptors (Lipinski definition) is 2. The maximum Gasteiger partial charge on any atom is 0.0424 e. The maximum atomic E-state index is 6.00. The number of hydrogen-bond donors (Lipinski definition) is 1. The van der Waals surface area contributed by atoms with Crippen molar-refractivity contribution < 1.29 is 0 Å². The molecule has 18 heavy (non-hydrogen) atoms. The van der Waals surface area contributed by atoms with E-state index in [-0.39, 0.29) is 0 Å². The predicted octanol–water partition coefficient (Wildman–Crippen LogP) is 3.57. The number of benzene rings is 1. The summed E-state index contributed by atoms with van der Waals surface area (Å²) in [5.74, 6) is 0. The maximum absolute atomic E-state index is 6.00. The molecule has 1 heterocycles. The molecule has 1 unspecified atom stereocenters. The van der Waals surface area contributed by atoms with Gasteiger partial charge in [0.2, 0.25) is 0 Å². The molecule has 1 aromatic carbocycles. The third-order valence-corrected chi connectivity index (χ3v) is 3.91. The van der Waals surface area contributed by atoms with Crippen molar-refractivity contribution in [3.05, 3.63) is 33.8 Å². The van der Waals surface area contributed by atoms with Gasteiger partial charge in [-0.25, -0.2) is 0 Å². The van der Waals surface area contributed by atoms with Gasteiger partial charge in [-0.15, -0.1) is 0 Å². The van der Waals surface area contributed by atoms with Gasteiger partial charge in [0.05, 0.1) is 0 Å². The van der Waals surface area contributed by atoms with Crippen LogP contribution in [0.1, 0.15) is 25.3 Å².